The molecule has 1 spiro atoms. The molecule has 1 aromatic rings. The van der Waals surface area contributed by atoms with Crippen molar-refractivity contribution in [2.75, 3.05) is 33.3 Å². The van der Waals surface area contributed by atoms with Gasteiger partial charge in [0, 0.05) is 39.1 Å². The summed E-state index contributed by atoms with van der Waals surface area (Å²) in [6.45, 7) is 5.90. The molecule has 0 N–H and O–H groups in total. The Labute approximate surface area is 136 Å². The summed E-state index contributed by atoms with van der Waals surface area (Å²) in [5.41, 5.74) is -0.284. The van der Waals surface area contributed by atoms with Crippen LogP contribution in [-0.4, -0.2) is 70.1 Å². The number of aryl methyl sites for hydroxylation is 1. The minimum Gasteiger partial charge on any atom is -0.363 e. The standard InChI is InChI=1S/C16H24N4O3/c1-12(20-9-6-17-13(20)2)15(22)19-7-4-16(5-8-19)11-18(3)14(21)10-23-16/h6,9,12H,4-5,7-8,10-11H2,1-3H3. The number of likely N-dealkylation sites (N-methyl/N-ethyl adjacent to an activating group) is 1. The van der Waals surface area contributed by atoms with Gasteiger partial charge in [-0.05, 0) is 26.7 Å². The van der Waals surface area contributed by atoms with Gasteiger partial charge in [0.1, 0.15) is 18.5 Å². The molecule has 0 radical (unpaired) electrons. The third-order valence-corrected chi connectivity index (χ3v) is 5.08. The molecule has 1 aromatic heterocycles. The molecule has 126 valence electrons. The third-order valence-electron chi connectivity index (χ3n) is 5.08. The Hall–Kier alpha value is -1.89. The van der Waals surface area contributed by atoms with Gasteiger partial charge in [-0.2, -0.15) is 0 Å². The maximum absolute atomic E-state index is 12.7. The summed E-state index contributed by atoms with van der Waals surface area (Å²) in [4.78, 5) is 32.1. The number of aromatic nitrogens is 2. The van der Waals surface area contributed by atoms with Gasteiger partial charge in [0.25, 0.3) is 0 Å². The van der Waals surface area contributed by atoms with Gasteiger partial charge in [-0.1, -0.05) is 0 Å². The van der Waals surface area contributed by atoms with Crippen LogP contribution in [0.25, 0.3) is 0 Å². The zero-order chi connectivity index (χ0) is 16.6. The summed E-state index contributed by atoms with van der Waals surface area (Å²) >= 11 is 0. The van der Waals surface area contributed by atoms with E-state index in [4.69, 9.17) is 4.74 Å². The largest absolute Gasteiger partial charge is 0.363 e. The number of amides is 2. The maximum atomic E-state index is 12.7. The number of rotatable bonds is 2. The Bertz CT molecular complexity index is 604. The topological polar surface area (TPSA) is 67.7 Å². The van der Waals surface area contributed by atoms with E-state index in [0.29, 0.717) is 19.6 Å². The highest BCUT2D eigenvalue weighted by Crippen LogP contribution is 2.31. The second-order valence-electron chi connectivity index (χ2n) is 6.60. The van der Waals surface area contributed by atoms with Gasteiger partial charge in [0.2, 0.25) is 11.8 Å². The number of morpholine rings is 1. The summed E-state index contributed by atoms with van der Waals surface area (Å²) in [5.74, 6) is 0.981. The summed E-state index contributed by atoms with van der Waals surface area (Å²) in [7, 11) is 1.81. The molecule has 2 fully saturated rings. The van der Waals surface area contributed by atoms with Crippen molar-refractivity contribution >= 4 is 11.8 Å². The molecule has 3 heterocycles. The van der Waals surface area contributed by atoms with Gasteiger partial charge in [-0.15, -0.1) is 0 Å². The molecule has 2 amide bonds. The summed E-state index contributed by atoms with van der Waals surface area (Å²) in [6, 6.07) is -0.247. The van der Waals surface area contributed by atoms with Gasteiger partial charge < -0.3 is 19.1 Å². The molecule has 1 unspecified atom stereocenters. The van der Waals surface area contributed by atoms with Gasteiger partial charge in [0.05, 0.1) is 5.60 Å². The molecule has 0 aromatic carbocycles. The zero-order valence-corrected chi connectivity index (χ0v) is 14.0. The van der Waals surface area contributed by atoms with E-state index in [1.54, 1.807) is 11.1 Å². The van der Waals surface area contributed by atoms with E-state index in [2.05, 4.69) is 4.98 Å². The molecule has 0 bridgehead atoms. The maximum Gasteiger partial charge on any atom is 0.248 e. The highest BCUT2D eigenvalue weighted by Gasteiger charge is 2.42. The lowest BCUT2D eigenvalue weighted by Gasteiger charge is -2.46. The second-order valence-corrected chi connectivity index (χ2v) is 6.60. The van der Waals surface area contributed by atoms with Crippen molar-refractivity contribution in [3.63, 3.8) is 0 Å². The normalized spacial score (nSPS) is 22.5. The van der Waals surface area contributed by atoms with Crippen LogP contribution in [0.1, 0.15) is 31.6 Å². The molecule has 23 heavy (non-hydrogen) atoms. The van der Waals surface area contributed by atoms with Crippen LogP contribution in [0.5, 0.6) is 0 Å². The smallest absolute Gasteiger partial charge is 0.248 e. The molecule has 2 saturated heterocycles. The van der Waals surface area contributed by atoms with Crippen molar-refractivity contribution < 1.29 is 14.3 Å². The number of ether oxygens (including phenoxy) is 1. The monoisotopic (exact) mass is 320 g/mol. The summed E-state index contributed by atoms with van der Waals surface area (Å²) in [6.07, 6.45) is 5.10. The third kappa shape index (κ3) is 2.97. The number of hydrogen-bond acceptors (Lipinski definition) is 4. The molecule has 2 aliphatic rings. The summed E-state index contributed by atoms with van der Waals surface area (Å²) in [5, 5.41) is 0. The van der Waals surface area contributed by atoms with Crippen molar-refractivity contribution in [2.24, 2.45) is 0 Å². The van der Waals surface area contributed by atoms with Gasteiger partial charge in [-0.3, -0.25) is 9.59 Å². The SMILES string of the molecule is Cc1nccn1C(C)C(=O)N1CCC2(CC1)CN(C)C(=O)CO2. The average molecular weight is 320 g/mol. The molecule has 0 saturated carbocycles. The lowest BCUT2D eigenvalue weighted by Crippen LogP contribution is -2.58. The minimum atomic E-state index is -0.284. The van der Waals surface area contributed by atoms with E-state index in [1.807, 2.05) is 36.6 Å². The molecular weight excluding hydrogens is 296 g/mol. The number of imidazole rings is 1. The van der Waals surface area contributed by atoms with Crippen LogP contribution in [0.2, 0.25) is 0 Å². The first-order valence-corrected chi connectivity index (χ1v) is 8.08. The van der Waals surface area contributed by atoms with Gasteiger partial charge in [-0.25, -0.2) is 4.98 Å². The van der Waals surface area contributed by atoms with Crippen LogP contribution >= 0.6 is 0 Å². The van der Waals surface area contributed by atoms with Crippen LogP contribution in [0.3, 0.4) is 0 Å². The summed E-state index contributed by atoms with van der Waals surface area (Å²) < 4.78 is 7.72. The number of nitrogens with zero attached hydrogens (tertiary/aromatic N) is 4. The van der Waals surface area contributed by atoms with Crippen LogP contribution in [0.4, 0.5) is 0 Å². The van der Waals surface area contributed by atoms with Crippen molar-refractivity contribution in [3.8, 4) is 0 Å². The Morgan fingerprint density at radius 2 is 2.09 bits per heavy atom. The fourth-order valence-electron chi connectivity index (χ4n) is 3.51. The predicted molar refractivity (Wildman–Crippen MR) is 83.8 cm³/mol. The first-order valence-electron chi connectivity index (χ1n) is 8.08. The molecule has 3 rings (SSSR count). The van der Waals surface area contributed by atoms with Crippen molar-refractivity contribution in [2.45, 2.75) is 38.3 Å². The Morgan fingerprint density at radius 3 is 2.65 bits per heavy atom. The molecule has 1 atom stereocenters. The van der Waals surface area contributed by atoms with Gasteiger partial charge in [0.15, 0.2) is 0 Å². The van der Waals surface area contributed by atoms with Gasteiger partial charge >= 0.3 is 0 Å². The highest BCUT2D eigenvalue weighted by atomic mass is 16.5. The molecule has 0 aliphatic carbocycles. The number of hydrogen-bond donors (Lipinski definition) is 0. The lowest BCUT2D eigenvalue weighted by atomic mass is 9.89. The quantitative estimate of drug-likeness (QED) is 0.800. The Kier molecular flexibility index (Phi) is 4.14. The second kappa shape index (κ2) is 5.96. The predicted octanol–water partition coefficient (Wildman–Crippen LogP) is 0.602. The van der Waals surface area contributed by atoms with Crippen LogP contribution in [-0.2, 0) is 14.3 Å². The van der Waals surface area contributed by atoms with Crippen molar-refractivity contribution in [1.82, 2.24) is 19.4 Å². The minimum absolute atomic E-state index is 0.0262. The number of piperidine rings is 1. The number of likely N-dealkylation sites (tertiary alicyclic amines) is 1. The fourth-order valence-corrected chi connectivity index (χ4v) is 3.51. The van der Waals surface area contributed by atoms with Crippen molar-refractivity contribution in [3.05, 3.63) is 18.2 Å². The highest BCUT2D eigenvalue weighted by molar-refractivity contribution is 5.80. The average Bonchev–Trinajstić information content (AvgIpc) is 2.97. The molecule has 7 nitrogen and oxygen atoms in total. The van der Waals surface area contributed by atoms with E-state index < -0.39 is 0 Å². The number of carbonyl (C=O) groups excluding carboxylic acids is 2. The molecular formula is C16H24N4O3. The van der Waals surface area contributed by atoms with Crippen LogP contribution < -0.4 is 0 Å². The number of carbonyl (C=O) groups is 2. The van der Waals surface area contributed by atoms with Crippen LogP contribution in [0, 0.1) is 6.92 Å². The fraction of sp³-hybridized carbons (Fsp3) is 0.688. The van der Waals surface area contributed by atoms with E-state index in [1.165, 1.54) is 0 Å². The van der Waals surface area contributed by atoms with E-state index in [9.17, 15) is 9.59 Å². The zero-order valence-electron chi connectivity index (χ0n) is 14.0. The first-order chi connectivity index (χ1) is 10.9. The van der Waals surface area contributed by atoms with E-state index in [0.717, 1.165) is 18.7 Å². The van der Waals surface area contributed by atoms with E-state index in [-0.39, 0.29) is 30.1 Å². The van der Waals surface area contributed by atoms with Crippen molar-refractivity contribution in [1.29, 1.82) is 0 Å². The Balaban J connectivity index is 1.62. The molecule has 2 aliphatic heterocycles. The first kappa shape index (κ1) is 16.0. The molecule has 7 heteroatoms. The Morgan fingerprint density at radius 1 is 1.39 bits per heavy atom. The van der Waals surface area contributed by atoms with Crippen LogP contribution in [0.15, 0.2) is 12.4 Å². The lowest BCUT2D eigenvalue weighted by molar-refractivity contribution is -0.171. The van der Waals surface area contributed by atoms with E-state index >= 15 is 0 Å².